The van der Waals surface area contributed by atoms with Crippen LogP contribution in [0.25, 0.3) is 0 Å². The molecule has 2 fully saturated rings. The third-order valence-corrected chi connectivity index (χ3v) is 8.15. The number of anilines is 2. The Morgan fingerprint density at radius 3 is 2.10 bits per heavy atom. The summed E-state index contributed by atoms with van der Waals surface area (Å²) in [6.07, 6.45) is -3.48. The Morgan fingerprint density at radius 1 is 0.927 bits per heavy atom. The Morgan fingerprint density at radius 2 is 1.56 bits per heavy atom. The van der Waals surface area contributed by atoms with Crippen molar-refractivity contribution in [2.45, 2.75) is 37.5 Å². The van der Waals surface area contributed by atoms with E-state index in [0.717, 1.165) is 21.9 Å². The van der Waals surface area contributed by atoms with Crippen LogP contribution in [0.1, 0.15) is 56.7 Å². The van der Waals surface area contributed by atoms with Crippen molar-refractivity contribution >= 4 is 46.4 Å². The fourth-order valence-electron chi connectivity index (χ4n) is 5.57. The number of nitrogens with zero attached hydrogens (tertiary/aromatic N) is 4. The zero-order valence-electron chi connectivity index (χ0n) is 21.0. The van der Waals surface area contributed by atoms with Crippen LogP contribution < -0.4 is 9.80 Å². The number of rotatable bonds is 4. The number of hydrogen-bond donors (Lipinski definition) is 0. The van der Waals surface area contributed by atoms with Gasteiger partial charge in [0.25, 0.3) is 17.7 Å². The normalized spacial score (nSPS) is 17.8. The van der Waals surface area contributed by atoms with E-state index in [1.165, 1.54) is 41.3 Å². The second kappa shape index (κ2) is 9.21. The first kappa shape index (κ1) is 26.6. The van der Waals surface area contributed by atoms with Crippen LogP contribution in [0.5, 0.6) is 0 Å². The molecule has 1 spiro atoms. The van der Waals surface area contributed by atoms with E-state index in [1.807, 2.05) is 0 Å². The smallest absolute Gasteiger partial charge is 0.303 e. The third kappa shape index (κ3) is 3.91. The zero-order valence-corrected chi connectivity index (χ0v) is 21.9. The van der Waals surface area contributed by atoms with Gasteiger partial charge in [0, 0.05) is 11.3 Å². The fourth-order valence-corrected chi connectivity index (χ4v) is 6.04. The molecule has 3 aromatic carbocycles. The molecule has 3 aromatic rings. The highest BCUT2D eigenvalue weighted by Crippen LogP contribution is 2.48. The van der Waals surface area contributed by atoms with Crippen LogP contribution >= 0.6 is 12.2 Å². The van der Waals surface area contributed by atoms with Gasteiger partial charge in [-0.15, -0.1) is 0 Å². The monoisotopic (exact) mass is 578 g/mol. The van der Waals surface area contributed by atoms with Gasteiger partial charge in [-0.3, -0.25) is 24.2 Å². The first-order chi connectivity index (χ1) is 19.5. The standard InChI is InChI=1S/C29H18F4N4O3S/c30-23-13-19(9-7-17(23)15-35-24(38)20-4-1-2-5-21(20)25(35)39)37-27(41)36(26(40)28(37)10-3-11-28)18-8-6-16(14-34)22(12-18)29(31,32)33/h1-2,4-9,12-13H,3,10-11,15H2. The highest BCUT2D eigenvalue weighted by molar-refractivity contribution is 7.81. The van der Waals surface area contributed by atoms with E-state index < -0.39 is 46.4 Å². The van der Waals surface area contributed by atoms with Crippen molar-refractivity contribution in [2.24, 2.45) is 0 Å². The van der Waals surface area contributed by atoms with Crippen molar-refractivity contribution in [1.82, 2.24) is 4.90 Å². The van der Waals surface area contributed by atoms with Gasteiger partial charge < -0.3 is 4.90 Å². The van der Waals surface area contributed by atoms with Crippen LogP contribution in [-0.4, -0.2) is 33.3 Å². The number of hydrogen-bond acceptors (Lipinski definition) is 5. The van der Waals surface area contributed by atoms with Crippen molar-refractivity contribution in [3.8, 4) is 6.07 Å². The molecule has 2 aliphatic heterocycles. The number of carbonyl (C=O) groups is 3. The van der Waals surface area contributed by atoms with E-state index in [0.29, 0.717) is 25.3 Å². The van der Waals surface area contributed by atoms with Gasteiger partial charge >= 0.3 is 6.18 Å². The summed E-state index contributed by atoms with van der Waals surface area (Å²) in [5, 5.41) is 9.01. The van der Waals surface area contributed by atoms with Crippen molar-refractivity contribution in [3.63, 3.8) is 0 Å². The number of thiocarbonyl (C=S) groups is 1. The van der Waals surface area contributed by atoms with E-state index in [4.69, 9.17) is 17.5 Å². The molecule has 7 nitrogen and oxygen atoms in total. The second-order valence-corrected chi connectivity index (χ2v) is 10.4. The highest BCUT2D eigenvalue weighted by Gasteiger charge is 2.59. The molecule has 0 radical (unpaired) electrons. The maximum atomic E-state index is 15.5. The molecule has 0 atom stereocenters. The third-order valence-electron chi connectivity index (χ3n) is 7.78. The Kier molecular flexibility index (Phi) is 5.97. The molecule has 0 bridgehead atoms. The molecule has 1 aliphatic carbocycles. The molecular formula is C29H18F4N4O3S. The van der Waals surface area contributed by atoms with Gasteiger partial charge in [-0.25, -0.2) is 4.39 Å². The molecule has 1 saturated carbocycles. The lowest BCUT2D eigenvalue weighted by molar-refractivity contribution is -0.137. The largest absolute Gasteiger partial charge is 0.417 e. The van der Waals surface area contributed by atoms with Crippen molar-refractivity contribution in [1.29, 1.82) is 5.26 Å². The number of halogens is 4. The number of fused-ring (bicyclic) bond motifs is 1. The van der Waals surface area contributed by atoms with Crippen LogP contribution in [0.3, 0.4) is 0 Å². The lowest BCUT2D eigenvalue weighted by Gasteiger charge is -2.43. The first-order valence-electron chi connectivity index (χ1n) is 12.5. The van der Waals surface area contributed by atoms with Gasteiger partial charge in [0.15, 0.2) is 5.11 Å². The van der Waals surface area contributed by atoms with Gasteiger partial charge in [0.2, 0.25) is 0 Å². The highest BCUT2D eigenvalue weighted by atomic mass is 32.1. The predicted octanol–water partition coefficient (Wildman–Crippen LogP) is 5.57. The fraction of sp³-hybridized carbons (Fsp3) is 0.207. The lowest BCUT2D eigenvalue weighted by atomic mass is 9.75. The molecule has 1 saturated heterocycles. The van der Waals surface area contributed by atoms with E-state index in [-0.39, 0.29) is 39.7 Å². The maximum absolute atomic E-state index is 15.5. The second-order valence-electron chi connectivity index (χ2n) is 10.0. The number of nitriles is 1. The molecule has 6 rings (SSSR count). The van der Waals surface area contributed by atoms with E-state index in [9.17, 15) is 27.6 Å². The molecule has 206 valence electrons. The summed E-state index contributed by atoms with van der Waals surface area (Å²) in [6.45, 7) is -0.315. The summed E-state index contributed by atoms with van der Waals surface area (Å²) in [7, 11) is 0. The minimum atomic E-state index is -4.84. The minimum Gasteiger partial charge on any atom is -0.303 e. The predicted molar refractivity (Wildman–Crippen MR) is 142 cm³/mol. The van der Waals surface area contributed by atoms with Gasteiger partial charge in [-0.05, 0) is 73.9 Å². The number of benzene rings is 3. The van der Waals surface area contributed by atoms with Crippen LogP contribution in [0.4, 0.5) is 28.9 Å². The lowest BCUT2D eigenvalue weighted by Crippen LogP contribution is -2.55. The van der Waals surface area contributed by atoms with Crippen LogP contribution in [0.15, 0.2) is 60.7 Å². The maximum Gasteiger partial charge on any atom is 0.417 e. The SMILES string of the molecule is N#Cc1ccc(N2C(=O)C3(CCC3)N(c3ccc(CN4C(=O)c5ccccc5C4=O)c(F)c3)C2=S)cc1C(F)(F)F. The Balaban J connectivity index is 1.33. The molecule has 3 amide bonds. The van der Waals surface area contributed by atoms with Crippen molar-refractivity contribution in [3.05, 3.63) is 94.3 Å². The van der Waals surface area contributed by atoms with Gasteiger partial charge in [-0.1, -0.05) is 18.2 Å². The molecule has 0 aromatic heterocycles. The number of amides is 3. The zero-order chi connectivity index (χ0) is 29.3. The molecular weight excluding hydrogens is 560 g/mol. The van der Waals surface area contributed by atoms with Crippen LogP contribution in [-0.2, 0) is 17.5 Å². The number of alkyl halides is 3. The molecule has 3 aliphatic rings. The van der Waals surface area contributed by atoms with E-state index in [1.54, 1.807) is 12.1 Å². The van der Waals surface area contributed by atoms with Gasteiger partial charge in [0.05, 0.1) is 40.6 Å². The van der Waals surface area contributed by atoms with Gasteiger partial charge in [0.1, 0.15) is 11.4 Å². The summed E-state index contributed by atoms with van der Waals surface area (Å²) in [4.78, 5) is 42.5. The number of carbonyl (C=O) groups excluding carboxylic acids is 3. The quantitative estimate of drug-likeness (QED) is 0.229. The van der Waals surface area contributed by atoms with Crippen LogP contribution in [0.2, 0.25) is 0 Å². The van der Waals surface area contributed by atoms with Crippen LogP contribution in [0, 0.1) is 17.1 Å². The van der Waals surface area contributed by atoms with Crippen molar-refractivity contribution in [2.75, 3.05) is 9.80 Å². The van der Waals surface area contributed by atoms with E-state index >= 15 is 4.39 Å². The molecule has 0 unspecified atom stereocenters. The Hall–Kier alpha value is -4.63. The minimum absolute atomic E-state index is 0.0566. The number of imide groups is 1. The summed E-state index contributed by atoms with van der Waals surface area (Å²) in [5.74, 6) is -2.36. The summed E-state index contributed by atoms with van der Waals surface area (Å²) in [5.41, 5.74) is -2.40. The Labute approximate surface area is 236 Å². The molecule has 0 N–H and O–H groups in total. The average Bonchev–Trinajstić information content (AvgIpc) is 3.31. The van der Waals surface area contributed by atoms with Crippen molar-refractivity contribution < 1.29 is 31.9 Å². The summed E-state index contributed by atoms with van der Waals surface area (Å²) < 4.78 is 56.4. The topological polar surface area (TPSA) is 84.7 Å². The van der Waals surface area contributed by atoms with E-state index in [2.05, 4.69) is 0 Å². The Bertz CT molecular complexity index is 1690. The molecule has 12 heteroatoms. The molecule has 41 heavy (non-hydrogen) atoms. The first-order valence-corrected chi connectivity index (χ1v) is 12.9. The average molecular weight is 579 g/mol. The molecule has 2 heterocycles. The van der Waals surface area contributed by atoms with Gasteiger partial charge in [-0.2, -0.15) is 18.4 Å². The summed E-state index contributed by atoms with van der Waals surface area (Å²) >= 11 is 5.58. The summed E-state index contributed by atoms with van der Waals surface area (Å²) in [6, 6.07) is 14.8.